The zero-order valence-electron chi connectivity index (χ0n) is 11.7. The van der Waals surface area contributed by atoms with Gasteiger partial charge in [-0.25, -0.2) is 8.78 Å². The molecule has 3 rings (SSSR count). The summed E-state index contributed by atoms with van der Waals surface area (Å²) in [6, 6.07) is 4.04. The Bertz CT molecular complexity index is 538. The van der Waals surface area contributed by atoms with E-state index in [0.29, 0.717) is 12.1 Å². The van der Waals surface area contributed by atoms with E-state index in [1.54, 1.807) is 0 Å². The van der Waals surface area contributed by atoms with Gasteiger partial charge in [-0.3, -0.25) is 9.69 Å². The number of carbonyl (C=O) groups excluding carboxylic acids is 1. The summed E-state index contributed by atoms with van der Waals surface area (Å²) in [6.07, 6.45) is 3.37. The molecule has 2 fully saturated rings. The van der Waals surface area contributed by atoms with Crippen LogP contribution in [-0.2, 0) is 4.79 Å². The van der Waals surface area contributed by atoms with Crippen LogP contribution >= 0.6 is 0 Å². The zero-order valence-corrected chi connectivity index (χ0v) is 11.7. The smallest absolute Gasteiger partial charge is 0.238 e. The lowest BCUT2D eigenvalue weighted by Crippen LogP contribution is -2.39. The third kappa shape index (κ3) is 3.57. The summed E-state index contributed by atoms with van der Waals surface area (Å²) in [7, 11) is 0. The van der Waals surface area contributed by atoms with Gasteiger partial charge in [-0.1, -0.05) is 0 Å². The molecule has 2 bridgehead atoms. The Hall–Kier alpha value is -1.53. The van der Waals surface area contributed by atoms with Gasteiger partial charge < -0.3 is 10.6 Å². The van der Waals surface area contributed by atoms with Crippen LogP contribution < -0.4 is 10.6 Å². The summed E-state index contributed by atoms with van der Waals surface area (Å²) in [5.74, 6) is -1.50. The van der Waals surface area contributed by atoms with E-state index < -0.39 is 11.6 Å². The molecule has 0 spiro atoms. The molecule has 2 unspecified atom stereocenters. The minimum absolute atomic E-state index is 0.102. The van der Waals surface area contributed by atoms with E-state index in [2.05, 4.69) is 15.5 Å². The summed E-state index contributed by atoms with van der Waals surface area (Å²) in [4.78, 5) is 14.1. The topological polar surface area (TPSA) is 44.4 Å². The third-order valence-corrected chi connectivity index (χ3v) is 4.18. The number of rotatable bonds is 3. The molecule has 2 atom stereocenters. The molecule has 6 heteroatoms. The van der Waals surface area contributed by atoms with Crippen molar-refractivity contribution in [2.75, 3.05) is 25.0 Å². The summed E-state index contributed by atoms with van der Waals surface area (Å²) in [5, 5.41) is 5.99. The molecule has 2 aliphatic heterocycles. The highest BCUT2D eigenvalue weighted by molar-refractivity contribution is 5.92. The normalized spacial score (nSPS) is 25.6. The van der Waals surface area contributed by atoms with Crippen LogP contribution in [0.2, 0.25) is 0 Å². The minimum Gasteiger partial charge on any atom is -0.322 e. The van der Waals surface area contributed by atoms with Crippen LogP contribution in [0, 0.1) is 11.6 Å². The van der Waals surface area contributed by atoms with Crippen molar-refractivity contribution >= 4 is 11.6 Å². The van der Waals surface area contributed by atoms with Gasteiger partial charge in [0.05, 0.1) is 12.2 Å². The first-order valence-corrected chi connectivity index (χ1v) is 7.33. The SMILES string of the molecule is O=C(CN1CCC2CCC(C1)N2)Nc1cc(F)ccc1F. The fraction of sp³-hybridized carbons (Fsp3) is 0.533. The lowest BCUT2D eigenvalue weighted by atomic mass is 10.1. The van der Waals surface area contributed by atoms with Gasteiger partial charge in [0.15, 0.2) is 0 Å². The number of fused-ring (bicyclic) bond motifs is 2. The van der Waals surface area contributed by atoms with Gasteiger partial charge in [0.1, 0.15) is 11.6 Å². The van der Waals surface area contributed by atoms with Crippen LogP contribution in [0.15, 0.2) is 18.2 Å². The third-order valence-electron chi connectivity index (χ3n) is 4.18. The molecule has 1 aromatic rings. The van der Waals surface area contributed by atoms with Gasteiger partial charge in [0.25, 0.3) is 0 Å². The molecule has 0 aliphatic carbocycles. The van der Waals surface area contributed by atoms with E-state index >= 15 is 0 Å². The standard InChI is InChI=1S/C15H19F2N3O/c16-10-1-4-13(17)14(7-10)19-15(21)9-20-6-5-11-2-3-12(8-20)18-11/h1,4,7,11-12,18H,2-3,5-6,8-9H2,(H,19,21). The molecule has 1 amide bonds. The van der Waals surface area contributed by atoms with E-state index in [1.165, 1.54) is 6.42 Å². The van der Waals surface area contributed by atoms with Crippen molar-refractivity contribution in [2.24, 2.45) is 0 Å². The van der Waals surface area contributed by atoms with Crippen molar-refractivity contribution in [2.45, 2.75) is 31.3 Å². The van der Waals surface area contributed by atoms with Gasteiger partial charge in [0.2, 0.25) is 5.91 Å². The molecule has 0 aromatic heterocycles. The first kappa shape index (κ1) is 14.4. The Balaban J connectivity index is 1.57. The van der Waals surface area contributed by atoms with E-state index in [0.717, 1.165) is 44.1 Å². The number of benzene rings is 1. The lowest BCUT2D eigenvalue weighted by molar-refractivity contribution is -0.117. The molecule has 0 radical (unpaired) electrons. The minimum atomic E-state index is -0.624. The van der Waals surface area contributed by atoms with E-state index in [-0.39, 0.29) is 18.1 Å². The zero-order chi connectivity index (χ0) is 14.8. The van der Waals surface area contributed by atoms with Gasteiger partial charge >= 0.3 is 0 Å². The number of nitrogens with one attached hydrogen (secondary N) is 2. The quantitative estimate of drug-likeness (QED) is 0.892. The lowest BCUT2D eigenvalue weighted by Gasteiger charge is -2.23. The monoisotopic (exact) mass is 295 g/mol. The average molecular weight is 295 g/mol. The van der Waals surface area contributed by atoms with Crippen LogP contribution in [0.4, 0.5) is 14.5 Å². The average Bonchev–Trinajstić information content (AvgIpc) is 2.77. The number of halogens is 2. The first-order chi connectivity index (χ1) is 10.1. The number of hydrogen-bond acceptors (Lipinski definition) is 3. The molecule has 2 N–H and O–H groups in total. The molecule has 0 saturated carbocycles. The molecule has 2 heterocycles. The molecular formula is C15H19F2N3O. The summed E-state index contributed by atoms with van der Waals surface area (Å²) < 4.78 is 26.6. The Morgan fingerprint density at radius 1 is 1.29 bits per heavy atom. The van der Waals surface area contributed by atoms with E-state index in [4.69, 9.17) is 0 Å². The Labute approximate surface area is 122 Å². The van der Waals surface area contributed by atoms with Crippen molar-refractivity contribution in [1.29, 1.82) is 0 Å². The highest BCUT2D eigenvalue weighted by atomic mass is 19.1. The van der Waals surface area contributed by atoms with Crippen LogP contribution in [0.25, 0.3) is 0 Å². The second-order valence-corrected chi connectivity index (χ2v) is 5.83. The number of likely N-dealkylation sites (tertiary alicyclic amines) is 1. The highest BCUT2D eigenvalue weighted by Crippen LogP contribution is 2.20. The predicted molar refractivity (Wildman–Crippen MR) is 76.0 cm³/mol. The summed E-state index contributed by atoms with van der Waals surface area (Å²) in [6.45, 7) is 1.89. The van der Waals surface area contributed by atoms with E-state index in [1.807, 2.05) is 0 Å². The maximum Gasteiger partial charge on any atom is 0.238 e. The maximum absolute atomic E-state index is 13.5. The maximum atomic E-state index is 13.5. The number of hydrogen-bond donors (Lipinski definition) is 2. The van der Waals surface area contributed by atoms with Gasteiger partial charge in [-0.2, -0.15) is 0 Å². The van der Waals surface area contributed by atoms with Crippen molar-refractivity contribution in [3.8, 4) is 0 Å². The molecule has 2 saturated heterocycles. The Kier molecular flexibility index (Phi) is 4.17. The molecule has 1 aromatic carbocycles. The van der Waals surface area contributed by atoms with Gasteiger partial charge in [0, 0.05) is 31.2 Å². The van der Waals surface area contributed by atoms with Gasteiger partial charge in [-0.15, -0.1) is 0 Å². The summed E-state index contributed by atoms with van der Waals surface area (Å²) in [5.41, 5.74) is -0.102. The number of carbonyl (C=O) groups is 1. The first-order valence-electron chi connectivity index (χ1n) is 7.33. The molecule has 2 aliphatic rings. The predicted octanol–water partition coefficient (Wildman–Crippen LogP) is 1.73. The largest absolute Gasteiger partial charge is 0.322 e. The van der Waals surface area contributed by atoms with Crippen molar-refractivity contribution in [3.05, 3.63) is 29.8 Å². The number of anilines is 1. The van der Waals surface area contributed by atoms with Gasteiger partial charge in [-0.05, 0) is 31.4 Å². The van der Waals surface area contributed by atoms with Crippen molar-refractivity contribution in [3.63, 3.8) is 0 Å². The molecular weight excluding hydrogens is 276 g/mol. The Morgan fingerprint density at radius 3 is 2.95 bits per heavy atom. The van der Waals surface area contributed by atoms with Crippen LogP contribution in [0.1, 0.15) is 19.3 Å². The molecule has 21 heavy (non-hydrogen) atoms. The van der Waals surface area contributed by atoms with Crippen LogP contribution in [0.3, 0.4) is 0 Å². The van der Waals surface area contributed by atoms with Crippen LogP contribution in [-0.4, -0.2) is 42.5 Å². The fourth-order valence-electron chi connectivity index (χ4n) is 3.15. The molecule has 4 nitrogen and oxygen atoms in total. The van der Waals surface area contributed by atoms with Crippen molar-refractivity contribution in [1.82, 2.24) is 10.2 Å². The molecule has 114 valence electrons. The number of nitrogens with zero attached hydrogens (tertiary/aromatic N) is 1. The second kappa shape index (κ2) is 6.07. The van der Waals surface area contributed by atoms with Crippen molar-refractivity contribution < 1.29 is 13.6 Å². The summed E-state index contributed by atoms with van der Waals surface area (Å²) >= 11 is 0. The fourth-order valence-corrected chi connectivity index (χ4v) is 3.15. The second-order valence-electron chi connectivity index (χ2n) is 5.83. The van der Waals surface area contributed by atoms with Crippen LogP contribution in [0.5, 0.6) is 0 Å². The number of amides is 1. The highest BCUT2D eigenvalue weighted by Gasteiger charge is 2.29. The van der Waals surface area contributed by atoms with E-state index in [9.17, 15) is 13.6 Å². The Morgan fingerprint density at radius 2 is 2.10 bits per heavy atom.